The second-order valence-corrected chi connectivity index (χ2v) is 5.14. The van der Waals surface area contributed by atoms with Crippen molar-refractivity contribution in [3.05, 3.63) is 84.4 Å². The highest BCUT2D eigenvalue weighted by Gasteiger charge is 2.22. The Morgan fingerprint density at radius 1 is 0.952 bits per heavy atom. The number of rotatable bonds is 4. The number of nitrogens with zero attached hydrogens (tertiary/aromatic N) is 2. The van der Waals surface area contributed by atoms with Gasteiger partial charge in [-0.25, -0.2) is 4.98 Å². The highest BCUT2D eigenvalue weighted by atomic mass is 16.3. The molecule has 1 aromatic heterocycles. The highest BCUT2D eigenvalue weighted by Crippen LogP contribution is 2.30. The molecule has 0 aliphatic carbocycles. The van der Waals surface area contributed by atoms with Crippen molar-refractivity contribution in [1.29, 1.82) is 0 Å². The fourth-order valence-electron chi connectivity index (χ4n) is 2.50. The average Bonchev–Trinajstić information content (AvgIpc) is 3.04. The van der Waals surface area contributed by atoms with Gasteiger partial charge in [0, 0.05) is 24.0 Å². The summed E-state index contributed by atoms with van der Waals surface area (Å²) in [6.07, 6.45) is 2.96. The number of imidazole rings is 1. The van der Waals surface area contributed by atoms with Crippen LogP contribution in [0, 0.1) is 0 Å². The van der Waals surface area contributed by atoms with Gasteiger partial charge < -0.3 is 9.67 Å². The number of hydrogen-bond acceptors (Lipinski definition) is 2. The summed E-state index contributed by atoms with van der Waals surface area (Å²) >= 11 is 0. The Morgan fingerprint density at radius 3 is 2.24 bits per heavy atom. The lowest BCUT2D eigenvalue weighted by molar-refractivity contribution is 0.140. The molecule has 0 radical (unpaired) electrons. The van der Waals surface area contributed by atoms with Crippen LogP contribution in [-0.4, -0.2) is 14.7 Å². The van der Waals surface area contributed by atoms with E-state index in [1.54, 1.807) is 6.20 Å². The van der Waals surface area contributed by atoms with E-state index >= 15 is 0 Å². The average molecular weight is 278 g/mol. The SMILES string of the molecule is CC(c1ccccc1)C(O)c1nccn1-c1ccccc1. The van der Waals surface area contributed by atoms with Gasteiger partial charge in [-0.15, -0.1) is 0 Å². The number of aromatic nitrogens is 2. The number of aliphatic hydroxyl groups excluding tert-OH is 1. The molecule has 0 saturated heterocycles. The molecule has 0 aliphatic rings. The first-order chi connectivity index (χ1) is 10.3. The summed E-state index contributed by atoms with van der Waals surface area (Å²) in [5, 5.41) is 10.7. The molecule has 1 heterocycles. The van der Waals surface area contributed by atoms with Gasteiger partial charge in [0.25, 0.3) is 0 Å². The molecule has 0 aliphatic heterocycles. The molecule has 0 fully saturated rings. The molecule has 0 saturated carbocycles. The third-order valence-electron chi connectivity index (χ3n) is 3.77. The Balaban J connectivity index is 1.93. The Bertz CT molecular complexity index is 692. The van der Waals surface area contributed by atoms with Crippen molar-refractivity contribution in [1.82, 2.24) is 9.55 Å². The van der Waals surface area contributed by atoms with Gasteiger partial charge in [-0.05, 0) is 17.7 Å². The smallest absolute Gasteiger partial charge is 0.142 e. The van der Waals surface area contributed by atoms with Crippen molar-refractivity contribution in [2.24, 2.45) is 0 Å². The minimum atomic E-state index is -0.650. The largest absolute Gasteiger partial charge is 0.385 e. The van der Waals surface area contributed by atoms with E-state index in [9.17, 15) is 5.11 Å². The summed E-state index contributed by atoms with van der Waals surface area (Å²) in [7, 11) is 0. The molecule has 21 heavy (non-hydrogen) atoms. The topological polar surface area (TPSA) is 38.1 Å². The first-order valence-electron chi connectivity index (χ1n) is 7.09. The van der Waals surface area contributed by atoms with Crippen molar-refractivity contribution in [2.45, 2.75) is 18.9 Å². The van der Waals surface area contributed by atoms with Gasteiger partial charge in [0.05, 0.1) is 0 Å². The maximum absolute atomic E-state index is 10.7. The van der Waals surface area contributed by atoms with E-state index in [0.29, 0.717) is 5.82 Å². The third kappa shape index (κ3) is 2.73. The fraction of sp³-hybridized carbons (Fsp3) is 0.167. The number of hydrogen-bond donors (Lipinski definition) is 1. The maximum atomic E-state index is 10.7. The second kappa shape index (κ2) is 5.94. The minimum absolute atomic E-state index is 0.0175. The maximum Gasteiger partial charge on any atom is 0.142 e. The van der Waals surface area contributed by atoms with E-state index in [1.165, 1.54) is 0 Å². The van der Waals surface area contributed by atoms with Crippen molar-refractivity contribution in [2.75, 3.05) is 0 Å². The van der Waals surface area contributed by atoms with E-state index in [-0.39, 0.29) is 5.92 Å². The predicted molar refractivity (Wildman–Crippen MR) is 83.4 cm³/mol. The first kappa shape index (κ1) is 13.6. The zero-order chi connectivity index (χ0) is 14.7. The zero-order valence-corrected chi connectivity index (χ0v) is 11.9. The number of benzene rings is 2. The van der Waals surface area contributed by atoms with Crippen LogP contribution in [0.4, 0.5) is 0 Å². The normalized spacial score (nSPS) is 13.8. The van der Waals surface area contributed by atoms with Crippen molar-refractivity contribution in [3.63, 3.8) is 0 Å². The Hall–Kier alpha value is -2.39. The Kier molecular flexibility index (Phi) is 3.84. The zero-order valence-electron chi connectivity index (χ0n) is 11.9. The van der Waals surface area contributed by atoms with E-state index in [1.807, 2.05) is 78.4 Å². The van der Waals surface area contributed by atoms with Crippen LogP contribution in [0.15, 0.2) is 73.1 Å². The summed E-state index contributed by atoms with van der Waals surface area (Å²) in [5.74, 6) is 0.647. The molecule has 0 bridgehead atoms. The molecule has 3 aromatic rings. The van der Waals surface area contributed by atoms with Gasteiger partial charge in [-0.3, -0.25) is 0 Å². The van der Waals surface area contributed by atoms with Gasteiger partial charge >= 0.3 is 0 Å². The minimum Gasteiger partial charge on any atom is -0.385 e. The van der Waals surface area contributed by atoms with Crippen molar-refractivity contribution >= 4 is 0 Å². The van der Waals surface area contributed by atoms with Crippen LogP contribution in [0.2, 0.25) is 0 Å². The molecule has 3 rings (SSSR count). The third-order valence-corrected chi connectivity index (χ3v) is 3.77. The van der Waals surface area contributed by atoms with Gasteiger partial charge in [-0.2, -0.15) is 0 Å². The summed E-state index contributed by atoms with van der Waals surface area (Å²) in [5.41, 5.74) is 2.11. The van der Waals surface area contributed by atoms with E-state index in [4.69, 9.17) is 0 Å². The lowest BCUT2D eigenvalue weighted by atomic mass is 9.95. The summed E-state index contributed by atoms with van der Waals surface area (Å²) in [4.78, 5) is 4.35. The molecular weight excluding hydrogens is 260 g/mol. The molecule has 2 atom stereocenters. The lowest BCUT2D eigenvalue weighted by Crippen LogP contribution is -2.13. The number of aliphatic hydroxyl groups is 1. The van der Waals surface area contributed by atoms with Crippen LogP contribution < -0.4 is 0 Å². The second-order valence-electron chi connectivity index (χ2n) is 5.14. The summed E-state index contributed by atoms with van der Waals surface area (Å²) in [6, 6.07) is 20.0. The van der Waals surface area contributed by atoms with Crippen LogP contribution in [0.5, 0.6) is 0 Å². The molecular formula is C18H18N2O. The highest BCUT2D eigenvalue weighted by molar-refractivity contribution is 5.34. The van der Waals surface area contributed by atoms with Crippen LogP contribution in [0.3, 0.4) is 0 Å². The van der Waals surface area contributed by atoms with Crippen LogP contribution in [-0.2, 0) is 0 Å². The van der Waals surface area contributed by atoms with Gasteiger partial charge in [-0.1, -0.05) is 55.5 Å². The monoisotopic (exact) mass is 278 g/mol. The van der Waals surface area contributed by atoms with Crippen LogP contribution in [0.1, 0.15) is 30.3 Å². The Labute approximate surface area is 124 Å². The summed E-state index contributed by atoms with van der Waals surface area (Å²) in [6.45, 7) is 2.02. The quantitative estimate of drug-likeness (QED) is 0.790. The molecule has 0 spiro atoms. The standard InChI is InChI=1S/C18H18N2O/c1-14(15-8-4-2-5-9-15)17(21)18-19-12-13-20(18)16-10-6-3-7-11-16/h2-14,17,21H,1H3. The molecule has 3 heteroatoms. The van der Waals surface area contributed by atoms with E-state index in [2.05, 4.69) is 4.98 Å². The fourth-order valence-corrected chi connectivity index (χ4v) is 2.50. The molecule has 3 nitrogen and oxygen atoms in total. The van der Waals surface area contributed by atoms with Gasteiger partial charge in [0.2, 0.25) is 0 Å². The molecule has 106 valence electrons. The van der Waals surface area contributed by atoms with Crippen LogP contribution in [0.25, 0.3) is 5.69 Å². The van der Waals surface area contributed by atoms with E-state index < -0.39 is 6.10 Å². The van der Waals surface area contributed by atoms with Crippen LogP contribution >= 0.6 is 0 Å². The molecule has 1 N–H and O–H groups in total. The van der Waals surface area contributed by atoms with Crippen molar-refractivity contribution in [3.8, 4) is 5.69 Å². The number of para-hydroxylation sites is 1. The molecule has 0 amide bonds. The summed E-state index contributed by atoms with van der Waals surface area (Å²) < 4.78 is 1.93. The lowest BCUT2D eigenvalue weighted by Gasteiger charge is -2.20. The molecule has 2 unspecified atom stereocenters. The van der Waals surface area contributed by atoms with Gasteiger partial charge in [0.1, 0.15) is 11.9 Å². The van der Waals surface area contributed by atoms with Gasteiger partial charge in [0.15, 0.2) is 0 Å². The van der Waals surface area contributed by atoms with Crippen molar-refractivity contribution < 1.29 is 5.11 Å². The first-order valence-corrected chi connectivity index (χ1v) is 7.09. The molecule has 2 aromatic carbocycles. The predicted octanol–water partition coefficient (Wildman–Crippen LogP) is 3.71. The van der Waals surface area contributed by atoms with E-state index in [0.717, 1.165) is 11.3 Å². The Morgan fingerprint density at radius 2 is 1.57 bits per heavy atom.